The van der Waals surface area contributed by atoms with Gasteiger partial charge in [-0.1, -0.05) is 24.1 Å². The fraction of sp³-hybridized carbons (Fsp3) is 0.212. The molecule has 3 aromatic heterocycles. The van der Waals surface area contributed by atoms with E-state index in [2.05, 4.69) is 42.0 Å². The molecule has 45 heavy (non-hydrogen) atoms. The van der Waals surface area contributed by atoms with Gasteiger partial charge in [-0.15, -0.1) is 6.42 Å². The molecule has 226 valence electrons. The standard InChI is InChI=1S/C33H31N9O3/c1-4-20-12-13-34-23(16-20)19-42(2)33(44)26-11-10-22(18-37-26)24-6-5-7-25(30(24)45-3)38-27-17-28(39-32(43)21-8-9-21)40-41-29(27)31-35-14-15-36-31/h1,5-7,10-18,21,29,40-41H,8-9,19H2,2-3H3,(H,35,36)(H,39,43). The van der Waals surface area contributed by atoms with Crippen LogP contribution in [0.3, 0.4) is 0 Å². The normalized spacial score (nSPS) is 16.7. The summed E-state index contributed by atoms with van der Waals surface area (Å²) in [4.78, 5) is 48.3. The van der Waals surface area contributed by atoms with Crippen molar-refractivity contribution in [3.05, 3.63) is 102 Å². The number of benzene rings is 1. The van der Waals surface area contributed by atoms with Gasteiger partial charge in [0.25, 0.3) is 5.91 Å². The van der Waals surface area contributed by atoms with Gasteiger partial charge in [0.05, 0.1) is 25.1 Å². The van der Waals surface area contributed by atoms with Gasteiger partial charge in [0, 0.05) is 60.5 Å². The molecule has 4 N–H and O–H groups in total. The Balaban J connectivity index is 1.26. The van der Waals surface area contributed by atoms with E-state index in [0.29, 0.717) is 40.1 Å². The van der Waals surface area contributed by atoms with Gasteiger partial charge in [0.2, 0.25) is 5.91 Å². The van der Waals surface area contributed by atoms with Crippen LogP contribution >= 0.6 is 0 Å². The molecule has 1 saturated carbocycles. The number of methoxy groups -OCH3 is 1. The molecule has 2 aliphatic rings. The summed E-state index contributed by atoms with van der Waals surface area (Å²) in [6.45, 7) is 0.289. The predicted molar refractivity (Wildman–Crippen MR) is 168 cm³/mol. The van der Waals surface area contributed by atoms with Crippen molar-refractivity contribution in [2.24, 2.45) is 10.9 Å². The number of carbonyl (C=O) groups is 2. The molecule has 2 amide bonds. The van der Waals surface area contributed by atoms with E-state index >= 15 is 0 Å². The van der Waals surface area contributed by atoms with Crippen molar-refractivity contribution in [1.29, 1.82) is 0 Å². The highest BCUT2D eigenvalue weighted by Gasteiger charge is 2.32. The van der Waals surface area contributed by atoms with E-state index in [0.717, 1.165) is 24.0 Å². The second-order valence-corrected chi connectivity index (χ2v) is 10.7. The Morgan fingerprint density at radius 1 is 1.16 bits per heavy atom. The van der Waals surface area contributed by atoms with E-state index in [1.54, 1.807) is 68.1 Å². The van der Waals surface area contributed by atoms with Crippen LogP contribution in [0, 0.1) is 18.3 Å². The molecule has 12 nitrogen and oxygen atoms in total. The molecule has 12 heteroatoms. The number of imidazole rings is 1. The molecule has 0 saturated heterocycles. The lowest BCUT2D eigenvalue weighted by molar-refractivity contribution is -0.121. The summed E-state index contributed by atoms with van der Waals surface area (Å²) in [6, 6.07) is 12.2. The molecule has 1 aromatic carbocycles. The summed E-state index contributed by atoms with van der Waals surface area (Å²) in [6.07, 6.45) is 15.7. The SMILES string of the molecule is C#Cc1ccnc(CN(C)C(=O)c2ccc(-c3cccc(N=C4C=C(NC(=O)C5CC5)NNC4c4ncc[nH]4)c3OC)cn2)c1. The molecule has 1 aliphatic heterocycles. The molecule has 1 fully saturated rings. The van der Waals surface area contributed by atoms with Crippen LogP contribution in [0.25, 0.3) is 11.1 Å². The van der Waals surface area contributed by atoms with Crippen molar-refractivity contribution in [1.82, 2.24) is 41.0 Å². The zero-order valence-electron chi connectivity index (χ0n) is 24.7. The topological polar surface area (TPSA) is 150 Å². The Morgan fingerprint density at radius 3 is 2.73 bits per heavy atom. The first kappa shape index (κ1) is 29.3. The number of terminal acetylenes is 1. The number of hydrazine groups is 1. The van der Waals surface area contributed by atoms with Crippen LogP contribution in [0.1, 0.15) is 46.5 Å². The number of pyridine rings is 2. The summed E-state index contributed by atoms with van der Waals surface area (Å²) < 4.78 is 5.85. The van der Waals surface area contributed by atoms with Crippen LogP contribution in [-0.4, -0.2) is 56.5 Å². The van der Waals surface area contributed by atoms with Crippen molar-refractivity contribution in [3.63, 3.8) is 0 Å². The largest absolute Gasteiger partial charge is 0.494 e. The quantitative estimate of drug-likeness (QED) is 0.213. The van der Waals surface area contributed by atoms with Crippen molar-refractivity contribution in [2.45, 2.75) is 25.4 Å². The summed E-state index contributed by atoms with van der Waals surface area (Å²) in [5.74, 6) is 4.02. The molecule has 0 radical (unpaired) electrons. The highest BCUT2D eigenvalue weighted by atomic mass is 16.5. The van der Waals surface area contributed by atoms with Gasteiger partial charge in [-0.25, -0.2) is 15.4 Å². The Kier molecular flexibility index (Phi) is 8.35. The number of aliphatic imine (C=N–C) groups is 1. The van der Waals surface area contributed by atoms with Crippen LogP contribution < -0.4 is 20.9 Å². The molecule has 6 rings (SSSR count). The van der Waals surface area contributed by atoms with Gasteiger partial charge < -0.3 is 25.4 Å². The van der Waals surface area contributed by atoms with Crippen LogP contribution in [-0.2, 0) is 11.3 Å². The first-order valence-corrected chi connectivity index (χ1v) is 14.4. The lowest BCUT2D eigenvalue weighted by Gasteiger charge is -2.26. The van der Waals surface area contributed by atoms with Crippen molar-refractivity contribution in [3.8, 4) is 29.2 Å². The minimum atomic E-state index is -0.428. The van der Waals surface area contributed by atoms with Gasteiger partial charge in [-0.05, 0) is 37.1 Å². The van der Waals surface area contributed by atoms with Crippen LogP contribution in [0.5, 0.6) is 5.75 Å². The monoisotopic (exact) mass is 601 g/mol. The second-order valence-electron chi connectivity index (χ2n) is 10.7. The Morgan fingerprint density at radius 2 is 2.02 bits per heavy atom. The van der Waals surface area contributed by atoms with E-state index in [9.17, 15) is 9.59 Å². The van der Waals surface area contributed by atoms with E-state index in [4.69, 9.17) is 16.2 Å². The van der Waals surface area contributed by atoms with Gasteiger partial charge in [-0.2, -0.15) is 0 Å². The van der Waals surface area contributed by atoms with Gasteiger partial charge in [0.1, 0.15) is 29.1 Å². The molecule has 1 atom stereocenters. The maximum atomic E-state index is 13.1. The first-order chi connectivity index (χ1) is 21.9. The fourth-order valence-electron chi connectivity index (χ4n) is 4.92. The van der Waals surface area contributed by atoms with E-state index in [1.807, 2.05) is 24.3 Å². The zero-order valence-corrected chi connectivity index (χ0v) is 24.7. The van der Waals surface area contributed by atoms with Crippen LogP contribution in [0.2, 0.25) is 0 Å². The molecule has 4 aromatic rings. The lowest BCUT2D eigenvalue weighted by Crippen LogP contribution is -2.48. The summed E-state index contributed by atoms with van der Waals surface area (Å²) in [7, 11) is 3.27. The van der Waals surface area contributed by atoms with E-state index < -0.39 is 6.04 Å². The lowest BCUT2D eigenvalue weighted by atomic mass is 10.0. The molecule has 0 spiro atoms. The number of H-pyrrole nitrogens is 1. The number of aromatic amines is 1. The number of nitrogens with one attached hydrogen (secondary N) is 4. The number of ether oxygens (including phenoxy) is 1. The number of rotatable bonds is 9. The fourth-order valence-corrected chi connectivity index (χ4v) is 4.92. The number of nitrogens with zero attached hydrogens (tertiary/aromatic N) is 5. The number of hydrogen-bond acceptors (Lipinski definition) is 9. The molecule has 1 unspecified atom stereocenters. The number of aromatic nitrogens is 4. The Hall–Kier alpha value is -5.80. The third-order valence-electron chi connectivity index (χ3n) is 7.41. The number of carbonyl (C=O) groups excluding carboxylic acids is 2. The average molecular weight is 602 g/mol. The second kappa shape index (κ2) is 12.8. The summed E-state index contributed by atoms with van der Waals surface area (Å²) >= 11 is 0. The van der Waals surface area contributed by atoms with E-state index in [1.165, 1.54) is 0 Å². The number of amides is 2. The smallest absolute Gasteiger partial charge is 0.272 e. The molecule has 4 heterocycles. The minimum Gasteiger partial charge on any atom is -0.494 e. The van der Waals surface area contributed by atoms with Crippen molar-refractivity contribution in [2.75, 3.05) is 14.2 Å². The average Bonchev–Trinajstić information content (AvgIpc) is 3.79. The van der Waals surface area contributed by atoms with Crippen LogP contribution in [0.15, 0.2) is 84.1 Å². The number of hydrogen-bond donors (Lipinski definition) is 4. The van der Waals surface area contributed by atoms with Crippen LogP contribution in [0.4, 0.5) is 5.69 Å². The molecular formula is C33H31N9O3. The Bertz CT molecular complexity index is 1820. The first-order valence-electron chi connectivity index (χ1n) is 14.4. The minimum absolute atomic E-state index is 0.0266. The van der Waals surface area contributed by atoms with Gasteiger partial charge >= 0.3 is 0 Å². The van der Waals surface area contributed by atoms with E-state index in [-0.39, 0.29) is 30.0 Å². The molecule has 1 aliphatic carbocycles. The molecular weight excluding hydrogens is 570 g/mol. The zero-order chi connectivity index (χ0) is 31.3. The Labute approximate surface area is 260 Å². The van der Waals surface area contributed by atoms with Crippen molar-refractivity contribution < 1.29 is 14.3 Å². The van der Waals surface area contributed by atoms with Gasteiger partial charge in [-0.3, -0.25) is 19.6 Å². The third kappa shape index (κ3) is 6.58. The third-order valence-corrected chi connectivity index (χ3v) is 7.41. The van der Waals surface area contributed by atoms with Gasteiger partial charge in [0.15, 0.2) is 5.75 Å². The van der Waals surface area contributed by atoms with Crippen molar-refractivity contribution >= 4 is 23.2 Å². The summed E-state index contributed by atoms with van der Waals surface area (Å²) in [5, 5.41) is 2.92. The maximum absolute atomic E-state index is 13.1. The maximum Gasteiger partial charge on any atom is 0.272 e. The highest BCUT2D eigenvalue weighted by molar-refractivity contribution is 6.03. The summed E-state index contributed by atoms with van der Waals surface area (Å²) in [5.41, 5.74) is 10.6. The highest BCUT2D eigenvalue weighted by Crippen LogP contribution is 2.39. The molecule has 0 bridgehead atoms. The number of para-hydroxylation sites is 1. The predicted octanol–water partition coefficient (Wildman–Crippen LogP) is 3.42.